The van der Waals surface area contributed by atoms with Gasteiger partial charge in [0.05, 0.1) is 43.5 Å². The molecule has 3 fully saturated rings. The number of hydrogen-bond acceptors (Lipinski definition) is 10. The van der Waals surface area contributed by atoms with Crippen LogP contribution in [0.1, 0.15) is 46.7 Å². The van der Waals surface area contributed by atoms with Gasteiger partial charge in [-0.1, -0.05) is 0 Å². The van der Waals surface area contributed by atoms with Crippen molar-refractivity contribution >= 4 is 45.4 Å². The number of hydrogen-bond donors (Lipinski definition) is 2. The van der Waals surface area contributed by atoms with Crippen molar-refractivity contribution in [1.82, 2.24) is 34.0 Å². The van der Waals surface area contributed by atoms with Gasteiger partial charge in [-0.05, 0) is 67.9 Å². The van der Waals surface area contributed by atoms with Gasteiger partial charge in [0.25, 0.3) is 5.91 Å². The topological polar surface area (TPSA) is 155 Å². The second-order valence-electron chi connectivity index (χ2n) is 12.6. The minimum Gasteiger partial charge on any atom is -0.494 e. The van der Waals surface area contributed by atoms with E-state index in [1.807, 2.05) is 40.8 Å². The molecule has 0 spiro atoms. The molecule has 8 rings (SSSR count). The first-order valence-electron chi connectivity index (χ1n) is 15.6. The fourth-order valence-electron chi connectivity index (χ4n) is 7.13. The Morgan fingerprint density at radius 3 is 2.52 bits per heavy atom. The molecule has 2 saturated carbocycles. The molecule has 1 aromatic carbocycles. The lowest BCUT2D eigenvalue weighted by atomic mass is 10.1. The fourth-order valence-corrected chi connectivity index (χ4v) is 7.13. The number of ether oxygens (including phenoxy) is 2. The van der Waals surface area contributed by atoms with Gasteiger partial charge in [-0.3, -0.25) is 4.79 Å². The smallest absolute Gasteiger partial charge is 0.376 e. The molecule has 2 unspecified atom stereocenters. The molecule has 13 nitrogen and oxygen atoms in total. The summed E-state index contributed by atoms with van der Waals surface area (Å²) in [4.78, 5) is 45.6. The number of esters is 1. The first kappa shape index (κ1) is 28.4. The second kappa shape index (κ2) is 10.8. The van der Waals surface area contributed by atoms with Crippen LogP contribution in [0.3, 0.4) is 0 Å². The number of carbonyl (C=O) groups is 2. The number of anilines is 2. The first-order chi connectivity index (χ1) is 22.3. The number of nitrogens with zero attached hydrogens (tertiary/aromatic N) is 7. The number of amides is 1. The van der Waals surface area contributed by atoms with Crippen LogP contribution in [0.4, 0.5) is 11.5 Å². The maximum Gasteiger partial charge on any atom is 0.376 e. The van der Waals surface area contributed by atoms with Gasteiger partial charge in [0.2, 0.25) is 5.82 Å². The summed E-state index contributed by atoms with van der Waals surface area (Å²) in [6.45, 7) is 1.52. The monoisotopic (exact) mass is 621 g/mol. The van der Waals surface area contributed by atoms with E-state index in [0.717, 1.165) is 47.5 Å². The number of pyridine rings is 1. The molecule has 1 saturated heterocycles. The Bertz CT molecular complexity index is 2010. The molecule has 3 atom stereocenters. The van der Waals surface area contributed by atoms with Crippen LogP contribution in [0.5, 0.6) is 5.75 Å². The van der Waals surface area contributed by atoms with Crippen LogP contribution in [-0.4, -0.2) is 78.7 Å². The highest BCUT2D eigenvalue weighted by molar-refractivity contribution is 6.00. The molecule has 5 aromatic rings. The second-order valence-corrected chi connectivity index (χ2v) is 12.6. The van der Waals surface area contributed by atoms with Crippen molar-refractivity contribution < 1.29 is 19.1 Å². The molecular weight excluding hydrogens is 586 g/mol. The number of piperidine rings is 1. The Kier molecular flexibility index (Phi) is 6.67. The molecule has 46 heavy (non-hydrogen) atoms. The maximum atomic E-state index is 13.7. The lowest BCUT2D eigenvalue weighted by molar-refractivity contribution is 0.0586. The highest BCUT2D eigenvalue weighted by Gasteiger charge is 2.47. The summed E-state index contributed by atoms with van der Waals surface area (Å²) in [6.07, 6.45) is 7.43. The number of rotatable bonds is 8. The predicted octanol–water partition coefficient (Wildman–Crippen LogP) is 3.89. The van der Waals surface area contributed by atoms with Gasteiger partial charge in [0.15, 0.2) is 5.82 Å². The van der Waals surface area contributed by atoms with E-state index in [1.165, 1.54) is 32.3 Å². The number of carbonyl (C=O) groups excluding carboxylic acids is 2. The van der Waals surface area contributed by atoms with Crippen molar-refractivity contribution in [2.24, 2.45) is 24.6 Å². The number of methoxy groups -OCH3 is 2. The summed E-state index contributed by atoms with van der Waals surface area (Å²) in [7, 11) is 4.89. The van der Waals surface area contributed by atoms with E-state index >= 15 is 0 Å². The molecule has 5 heterocycles. The summed E-state index contributed by atoms with van der Waals surface area (Å²) in [5, 5.41) is 4.22. The maximum absolute atomic E-state index is 13.7. The largest absolute Gasteiger partial charge is 0.494 e. The third-order valence-electron chi connectivity index (χ3n) is 9.72. The standard InChI is InChI=1S/C33H35N9O4/c1-40-28-22(10-20(12-25(28)45-2)32(43)42-16-19-6-8-23(42)27(19)34)38-31(40)24-11-18-7-9-26(39-30(18)41(24)15-17-4-5-17)37-21-13-35-29(36-14-21)33(44)46-3/h7,9-14,17,19,23,27H,4-6,8,15-16,34H2,1-3H3,(H,37,39)/t19?,23?,27-/m1/s1. The minimum absolute atomic E-state index is 0.0118. The number of benzene rings is 1. The van der Waals surface area contributed by atoms with Crippen molar-refractivity contribution in [3.63, 3.8) is 0 Å². The highest BCUT2D eigenvalue weighted by Crippen LogP contribution is 2.40. The molecule has 13 heteroatoms. The first-order valence-corrected chi connectivity index (χ1v) is 15.6. The van der Waals surface area contributed by atoms with Crippen LogP contribution >= 0.6 is 0 Å². The molecule has 2 bridgehead atoms. The Hall–Kier alpha value is -5.04. The molecular formula is C33H35N9O4. The normalized spacial score (nSPS) is 20.5. The van der Waals surface area contributed by atoms with Gasteiger partial charge in [0.1, 0.15) is 22.7 Å². The van der Waals surface area contributed by atoms with E-state index in [2.05, 4.69) is 30.7 Å². The van der Waals surface area contributed by atoms with Gasteiger partial charge in [-0.15, -0.1) is 0 Å². The van der Waals surface area contributed by atoms with E-state index in [0.29, 0.717) is 46.7 Å². The Labute approximate surface area is 264 Å². The average molecular weight is 622 g/mol. The molecule has 1 amide bonds. The fraction of sp³-hybridized carbons (Fsp3) is 0.394. The number of nitrogens with two attached hydrogens (primary N) is 1. The molecule has 0 radical (unpaired) electrons. The van der Waals surface area contributed by atoms with Gasteiger partial charge >= 0.3 is 5.97 Å². The molecule has 1 aliphatic heterocycles. The zero-order chi connectivity index (χ0) is 31.7. The van der Waals surface area contributed by atoms with Crippen molar-refractivity contribution in [2.75, 3.05) is 26.1 Å². The van der Waals surface area contributed by atoms with E-state index in [1.54, 1.807) is 7.11 Å². The number of likely N-dealkylation sites (tertiary alicyclic amines) is 1. The SMILES string of the molecule is COC(=O)c1ncc(Nc2ccc3cc(-c4nc5cc(C(=O)N6CC7CCC6[C@@H]7N)cc(OC)c5n4C)n(CC4CC4)c3n2)cn1. The van der Waals surface area contributed by atoms with Crippen molar-refractivity contribution in [1.29, 1.82) is 0 Å². The zero-order valence-corrected chi connectivity index (χ0v) is 25.9. The summed E-state index contributed by atoms with van der Waals surface area (Å²) < 4.78 is 14.8. The number of aromatic nitrogens is 6. The van der Waals surface area contributed by atoms with Crippen LogP contribution in [0.2, 0.25) is 0 Å². The molecule has 3 aliphatic rings. The van der Waals surface area contributed by atoms with Gasteiger partial charge in [0, 0.05) is 43.2 Å². The number of aryl methyl sites for hydroxylation is 1. The third kappa shape index (κ3) is 4.64. The summed E-state index contributed by atoms with van der Waals surface area (Å²) in [5.74, 6) is 2.30. The highest BCUT2D eigenvalue weighted by atomic mass is 16.5. The van der Waals surface area contributed by atoms with Crippen LogP contribution < -0.4 is 15.8 Å². The van der Waals surface area contributed by atoms with Crippen LogP contribution in [0.25, 0.3) is 33.6 Å². The third-order valence-corrected chi connectivity index (χ3v) is 9.72. The molecule has 2 aliphatic carbocycles. The molecule has 236 valence electrons. The van der Waals surface area contributed by atoms with Gasteiger partial charge in [-0.2, -0.15) is 0 Å². The van der Waals surface area contributed by atoms with Gasteiger partial charge in [-0.25, -0.2) is 24.7 Å². The van der Waals surface area contributed by atoms with E-state index in [4.69, 9.17) is 20.4 Å². The van der Waals surface area contributed by atoms with Crippen molar-refractivity contribution in [3.8, 4) is 17.3 Å². The Balaban J connectivity index is 1.17. The van der Waals surface area contributed by atoms with Crippen LogP contribution in [-0.2, 0) is 18.3 Å². The van der Waals surface area contributed by atoms with Crippen LogP contribution in [0, 0.1) is 11.8 Å². The molecule has 3 N–H and O–H groups in total. The average Bonchev–Trinajstić information content (AvgIpc) is 3.48. The summed E-state index contributed by atoms with van der Waals surface area (Å²) in [6, 6.07) is 9.89. The summed E-state index contributed by atoms with van der Waals surface area (Å²) >= 11 is 0. The quantitative estimate of drug-likeness (QED) is 0.244. The Morgan fingerprint density at radius 2 is 1.85 bits per heavy atom. The predicted molar refractivity (Wildman–Crippen MR) is 171 cm³/mol. The van der Waals surface area contributed by atoms with Gasteiger partial charge < -0.3 is 34.6 Å². The summed E-state index contributed by atoms with van der Waals surface area (Å²) in [5.41, 5.74) is 10.9. The van der Waals surface area contributed by atoms with Crippen molar-refractivity contribution in [3.05, 3.63) is 54.1 Å². The lowest BCUT2D eigenvalue weighted by Gasteiger charge is -2.27. The number of nitrogens with one attached hydrogen (secondary N) is 1. The van der Waals surface area contributed by atoms with Crippen LogP contribution in [0.15, 0.2) is 42.7 Å². The number of fused-ring (bicyclic) bond motifs is 4. The number of imidazole rings is 1. The Morgan fingerprint density at radius 1 is 1.04 bits per heavy atom. The lowest BCUT2D eigenvalue weighted by Crippen LogP contribution is -2.41. The van der Waals surface area contributed by atoms with E-state index < -0.39 is 5.97 Å². The zero-order valence-electron chi connectivity index (χ0n) is 25.9. The molecule has 4 aromatic heterocycles. The van der Waals surface area contributed by atoms with Crippen molar-refractivity contribution in [2.45, 2.75) is 44.3 Å². The minimum atomic E-state index is -0.595. The van der Waals surface area contributed by atoms with E-state index in [-0.39, 0.29) is 23.8 Å². The van der Waals surface area contributed by atoms with E-state index in [9.17, 15) is 9.59 Å².